The first-order valence-corrected chi connectivity index (χ1v) is 8.22. The molecule has 0 aliphatic carbocycles. The summed E-state index contributed by atoms with van der Waals surface area (Å²) in [6, 6.07) is 5.58. The van der Waals surface area contributed by atoms with Gasteiger partial charge < -0.3 is 5.11 Å². The molecule has 1 N–H and O–H groups in total. The molecular formula is C17H21N3O4. The number of imide groups is 1. The predicted octanol–water partition coefficient (Wildman–Crippen LogP) is 0.830. The maximum absolute atomic E-state index is 12.6. The Morgan fingerprint density at radius 3 is 2.42 bits per heavy atom. The highest BCUT2D eigenvalue weighted by Gasteiger charge is 2.30. The first kappa shape index (κ1) is 16.4. The fraction of sp³-hybridized carbons (Fsp3) is 0.471. The Bertz CT molecular complexity index is 833. The number of rotatable bonds is 5. The van der Waals surface area contributed by atoms with Crippen molar-refractivity contribution >= 4 is 22.8 Å². The SMILES string of the molecule is Cn1c(=O)n(N2C(=O)CCCC2=O)c2ccc(CCCCO)cc21. The van der Waals surface area contributed by atoms with E-state index in [0.29, 0.717) is 17.5 Å². The van der Waals surface area contributed by atoms with Crippen LogP contribution in [0.3, 0.4) is 0 Å². The van der Waals surface area contributed by atoms with Crippen LogP contribution in [0.2, 0.25) is 0 Å². The molecule has 1 aromatic heterocycles. The number of amides is 2. The van der Waals surface area contributed by atoms with E-state index in [4.69, 9.17) is 5.11 Å². The number of benzene rings is 1. The second-order valence-electron chi connectivity index (χ2n) is 6.11. The molecule has 0 saturated carbocycles. The number of aliphatic hydroxyl groups is 1. The van der Waals surface area contributed by atoms with Crippen LogP contribution in [-0.2, 0) is 23.1 Å². The van der Waals surface area contributed by atoms with E-state index in [1.807, 2.05) is 12.1 Å². The van der Waals surface area contributed by atoms with Gasteiger partial charge in [-0.05, 0) is 43.4 Å². The van der Waals surface area contributed by atoms with E-state index in [1.165, 1.54) is 9.24 Å². The molecule has 0 bridgehead atoms. The summed E-state index contributed by atoms with van der Waals surface area (Å²) in [6.45, 7) is 0.163. The summed E-state index contributed by atoms with van der Waals surface area (Å²) in [5, 5.41) is 9.86. The molecule has 0 spiro atoms. The van der Waals surface area contributed by atoms with Crippen molar-refractivity contribution in [2.24, 2.45) is 7.05 Å². The fourth-order valence-electron chi connectivity index (χ4n) is 3.12. The summed E-state index contributed by atoms with van der Waals surface area (Å²) < 4.78 is 2.65. The number of imidazole rings is 1. The lowest BCUT2D eigenvalue weighted by Crippen LogP contribution is -2.52. The second kappa shape index (κ2) is 6.60. The fourth-order valence-corrected chi connectivity index (χ4v) is 3.12. The number of aryl methyl sites for hydroxylation is 2. The average molecular weight is 331 g/mol. The van der Waals surface area contributed by atoms with Gasteiger partial charge in [0.25, 0.3) is 0 Å². The number of aliphatic hydroxyl groups excluding tert-OH is 1. The molecule has 7 heteroatoms. The average Bonchev–Trinajstić information content (AvgIpc) is 2.80. The molecular weight excluding hydrogens is 310 g/mol. The van der Waals surface area contributed by atoms with Crippen molar-refractivity contribution in [3.05, 3.63) is 34.2 Å². The van der Waals surface area contributed by atoms with E-state index in [2.05, 4.69) is 0 Å². The first-order chi connectivity index (χ1) is 11.5. The van der Waals surface area contributed by atoms with Gasteiger partial charge in [-0.15, -0.1) is 0 Å². The number of aromatic nitrogens is 2. The molecule has 0 unspecified atom stereocenters. The summed E-state index contributed by atoms with van der Waals surface area (Å²) in [5.41, 5.74) is 1.89. The van der Waals surface area contributed by atoms with Crippen LogP contribution < -0.4 is 10.7 Å². The minimum atomic E-state index is -0.402. The maximum atomic E-state index is 12.6. The van der Waals surface area contributed by atoms with Crippen LogP contribution in [0.1, 0.15) is 37.7 Å². The van der Waals surface area contributed by atoms with Gasteiger partial charge in [-0.2, -0.15) is 9.69 Å². The summed E-state index contributed by atoms with van der Waals surface area (Å²) in [7, 11) is 1.64. The Hall–Kier alpha value is -2.41. The Morgan fingerprint density at radius 2 is 1.75 bits per heavy atom. The second-order valence-corrected chi connectivity index (χ2v) is 6.11. The molecule has 128 valence electrons. The molecule has 2 amide bonds. The van der Waals surface area contributed by atoms with Crippen molar-refractivity contribution in [1.29, 1.82) is 0 Å². The van der Waals surface area contributed by atoms with E-state index >= 15 is 0 Å². The molecule has 0 atom stereocenters. The Labute approximate surface area is 139 Å². The number of hydrogen-bond donors (Lipinski definition) is 1. The van der Waals surface area contributed by atoms with E-state index in [0.717, 1.165) is 29.8 Å². The Morgan fingerprint density at radius 1 is 1.04 bits per heavy atom. The molecule has 2 aromatic rings. The largest absolute Gasteiger partial charge is 0.396 e. The van der Waals surface area contributed by atoms with Gasteiger partial charge in [0.05, 0.1) is 11.0 Å². The van der Waals surface area contributed by atoms with Gasteiger partial charge in [0.2, 0.25) is 11.8 Å². The normalized spacial score (nSPS) is 15.5. The van der Waals surface area contributed by atoms with Crippen LogP contribution in [0.25, 0.3) is 11.0 Å². The maximum Gasteiger partial charge on any atom is 0.348 e. The van der Waals surface area contributed by atoms with Gasteiger partial charge >= 0.3 is 5.69 Å². The van der Waals surface area contributed by atoms with Gasteiger partial charge in [-0.25, -0.2) is 4.79 Å². The number of carbonyl (C=O) groups is 2. The van der Waals surface area contributed by atoms with Gasteiger partial charge in [0, 0.05) is 26.5 Å². The van der Waals surface area contributed by atoms with Crippen molar-refractivity contribution in [3.8, 4) is 0 Å². The highest BCUT2D eigenvalue weighted by Crippen LogP contribution is 2.19. The van der Waals surface area contributed by atoms with Gasteiger partial charge in [0.15, 0.2) is 0 Å². The molecule has 2 heterocycles. The summed E-state index contributed by atoms with van der Waals surface area (Å²) in [4.78, 5) is 36.9. The minimum absolute atomic E-state index is 0.163. The number of nitrogens with zero attached hydrogens (tertiary/aromatic N) is 3. The Kier molecular flexibility index (Phi) is 4.53. The number of piperidine rings is 1. The number of unbranched alkanes of at least 4 members (excludes halogenated alkanes) is 1. The lowest BCUT2D eigenvalue weighted by Gasteiger charge is -2.25. The van der Waals surface area contributed by atoms with E-state index in [-0.39, 0.29) is 31.3 Å². The molecule has 1 fully saturated rings. The number of hydrogen-bond acceptors (Lipinski definition) is 4. The quantitative estimate of drug-likeness (QED) is 0.650. The topological polar surface area (TPSA) is 84.5 Å². The predicted molar refractivity (Wildman–Crippen MR) is 89.3 cm³/mol. The van der Waals surface area contributed by atoms with E-state index in [1.54, 1.807) is 13.1 Å². The first-order valence-electron chi connectivity index (χ1n) is 8.22. The van der Waals surface area contributed by atoms with Crippen LogP contribution in [0.5, 0.6) is 0 Å². The van der Waals surface area contributed by atoms with Crippen LogP contribution >= 0.6 is 0 Å². The van der Waals surface area contributed by atoms with Crippen LogP contribution in [0.4, 0.5) is 0 Å². The zero-order valence-corrected chi connectivity index (χ0v) is 13.7. The molecule has 3 rings (SSSR count). The highest BCUT2D eigenvalue weighted by molar-refractivity contribution is 6.10. The Balaban J connectivity index is 2.06. The zero-order valence-electron chi connectivity index (χ0n) is 13.7. The standard InChI is InChI=1S/C17H21N3O4/c1-18-14-11-12(5-2-3-10-21)8-9-13(14)19(17(18)24)20-15(22)6-4-7-16(20)23/h8-9,11,21H,2-7,10H2,1H3. The third-order valence-corrected chi connectivity index (χ3v) is 4.42. The lowest BCUT2D eigenvalue weighted by atomic mass is 10.1. The van der Waals surface area contributed by atoms with Crippen LogP contribution in [-0.4, -0.2) is 32.8 Å². The molecule has 7 nitrogen and oxygen atoms in total. The van der Waals surface area contributed by atoms with Crippen LogP contribution in [0.15, 0.2) is 23.0 Å². The van der Waals surface area contributed by atoms with Crippen molar-refractivity contribution in [1.82, 2.24) is 9.24 Å². The minimum Gasteiger partial charge on any atom is -0.396 e. The summed E-state index contributed by atoms with van der Waals surface area (Å²) in [6.07, 6.45) is 3.47. The van der Waals surface area contributed by atoms with Crippen LogP contribution in [0, 0.1) is 0 Å². The number of fused-ring (bicyclic) bond motifs is 1. The molecule has 1 aliphatic heterocycles. The lowest BCUT2D eigenvalue weighted by molar-refractivity contribution is -0.131. The number of carbonyl (C=O) groups excluding carboxylic acids is 2. The highest BCUT2D eigenvalue weighted by atomic mass is 16.3. The van der Waals surface area contributed by atoms with Gasteiger partial charge in [-0.1, -0.05) is 6.07 Å². The third-order valence-electron chi connectivity index (χ3n) is 4.42. The summed E-state index contributed by atoms with van der Waals surface area (Å²) >= 11 is 0. The molecule has 1 aliphatic rings. The smallest absolute Gasteiger partial charge is 0.348 e. The van der Waals surface area contributed by atoms with Crippen molar-refractivity contribution in [3.63, 3.8) is 0 Å². The molecule has 24 heavy (non-hydrogen) atoms. The van der Waals surface area contributed by atoms with Gasteiger partial charge in [-0.3, -0.25) is 14.2 Å². The van der Waals surface area contributed by atoms with Crippen molar-refractivity contribution in [2.45, 2.75) is 38.5 Å². The molecule has 0 radical (unpaired) electrons. The van der Waals surface area contributed by atoms with Crippen molar-refractivity contribution in [2.75, 3.05) is 11.6 Å². The zero-order chi connectivity index (χ0) is 17.3. The molecule has 1 aromatic carbocycles. The summed E-state index contributed by atoms with van der Waals surface area (Å²) in [5.74, 6) is -0.680. The van der Waals surface area contributed by atoms with E-state index < -0.39 is 5.69 Å². The monoisotopic (exact) mass is 331 g/mol. The van der Waals surface area contributed by atoms with Gasteiger partial charge in [0.1, 0.15) is 0 Å². The van der Waals surface area contributed by atoms with Crippen molar-refractivity contribution < 1.29 is 14.7 Å². The van der Waals surface area contributed by atoms with E-state index in [9.17, 15) is 14.4 Å². The molecule has 1 saturated heterocycles. The third kappa shape index (κ3) is 2.75.